The molecular weight excluding hydrogens is 230 g/mol. The Hall–Kier alpha value is -1.65. The maximum Gasteiger partial charge on any atom is 0.274 e. The molecule has 2 aliphatic rings. The summed E-state index contributed by atoms with van der Waals surface area (Å²) >= 11 is 0. The Morgan fingerprint density at radius 1 is 1.44 bits per heavy atom. The van der Waals surface area contributed by atoms with Crippen LogP contribution in [0, 0.1) is 17.8 Å². The SMILES string of the molecule is CC(C)n1cnc(C(=O)N2C[C@@H]3[C@H](C=O)[C@@H]3C2)c1. The van der Waals surface area contributed by atoms with Gasteiger partial charge in [-0.2, -0.15) is 0 Å². The Morgan fingerprint density at radius 2 is 2.11 bits per heavy atom. The monoisotopic (exact) mass is 247 g/mol. The number of nitrogens with zero attached hydrogens (tertiary/aromatic N) is 3. The summed E-state index contributed by atoms with van der Waals surface area (Å²) in [6.45, 7) is 5.52. The van der Waals surface area contributed by atoms with Crippen LogP contribution in [0.3, 0.4) is 0 Å². The van der Waals surface area contributed by atoms with Crippen LogP contribution in [0.25, 0.3) is 0 Å². The largest absolute Gasteiger partial charge is 0.337 e. The Morgan fingerprint density at radius 3 is 2.61 bits per heavy atom. The van der Waals surface area contributed by atoms with Gasteiger partial charge < -0.3 is 14.3 Å². The lowest BCUT2D eigenvalue weighted by Crippen LogP contribution is -2.32. The predicted octanol–water partition coefficient (Wildman–Crippen LogP) is 0.981. The average Bonchev–Trinajstić information content (AvgIpc) is 2.79. The van der Waals surface area contributed by atoms with Gasteiger partial charge in [0.1, 0.15) is 12.0 Å². The lowest BCUT2D eigenvalue weighted by Gasteiger charge is -2.17. The van der Waals surface area contributed by atoms with E-state index in [-0.39, 0.29) is 11.8 Å². The first-order valence-electron chi connectivity index (χ1n) is 6.40. The summed E-state index contributed by atoms with van der Waals surface area (Å²) in [6.07, 6.45) is 4.53. The Kier molecular flexibility index (Phi) is 2.50. The summed E-state index contributed by atoms with van der Waals surface area (Å²) in [4.78, 5) is 28.9. The molecule has 1 amide bonds. The van der Waals surface area contributed by atoms with E-state index in [4.69, 9.17) is 0 Å². The number of rotatable bonds is 3. The molecule has 0 unspecified atom stereocenters. The maximum absolute atomic E-state index is 12.2. The van der Waals surface area contributed by atoms with Crippen molar-refractivity contribution in [1.29, 1.82) is 0 Å². The van der Waals surface area contributed by atoms with Crippen molar-refractivity contribution in [1.82, 2.24) is 14.5 Å². The van der Waals surface area contributed by atoms with E-state index in [1.165, 1.54) is 0 Å². The Bertz CT molecular complexity index is 482. The molecule has 2 fully saturated rings. The number of fused-ring (bicyclic) bond motifs is 1. The zero-order valence-corrected chi connectivity index (χ0v) is 10.6. The minimum absolute atomic E-state index is 0.00810. The number of aldehydes is 1. The average molecular weight is 247 g/mol. The van der Waals surface area contributed by atoms with Gasteiger partial charge in [0.15, 0.2) is 0 Å². The number of imidazole rings is 1. The summed E-state index contributed by atoms with van der Waals surface area (Å²) < 4.78 is 1.93. The fourth-order valence-corrected chi connectivity index (χ4v) is 2.83. The van der Waals surface area contributed by atoms with Gasteiger partial charge in [-0.05, 0) is 25.7 Å². The minimum atomic E-state index is -0.00810. The summed E-state index contributed by atoms with van der Waals surface area (Å²) in [5.41, 5.74) is 0.507. The van der Waals surface area contributed by atoms with E-state index >= 15 is 0 Å². The summed E-state index contributed by atoms with van der Waals surface area (Å²) in [5, 5.41) is 0. The molecule has 0 aromatic carbocycles. The van der Waals surface area contributed by atoms with Crippen molar-refractivity contribution in [2.45, 2.75) is 19.9 Å². The fourth-order valence-electron chi connectivity index (χ4n) is 2.83. The molecule has 3 rings (SSSR count). The Labute approximate surface area is 106 Å². The number of aromatic nitrogens is 2. The fraction of sp³-hybridized carbons (Fsp3) is 0.615. The highest BCUT2D eigenvalue weighted by molar-refractivity contribution is 5.92. The molecule has 2 heterocycles. The number of amides is 1. The van der Waals surface area contributed by atoms with Gasteiger partial charge >= 0.3 is 0 Å². The molecule has 1 saturated heterocycles. The van der Waals surface area contributed by atoms with E-state index in [1.807, 2.05) is 9.47 Å². The molecule has 3 atom stereocenters. The molecule has 5 nitrogen and oxygen atoms in total. The van der Waals surface area contributed by atoms with Gasteiger partial charge in [0, 0.05) is 31.2 Å². The van der Waals surface area contributed by atoms with Crippen molar-refractivity contribution in [2.24, 2.45) is 17.8 Å². The van der Waals surface area contributed by atoms with Gasteiger partial charge in [0.25, 0.3) is 5.91 Å². The van der Waals surface area contributed by atoms with Crippen molar-refractivity contribution in [3.8, 4) is 0 Å². The van der Waals surface area contributed by atoms with E-state index in [0.29, 0.717) is 36.7 Å². The van der Waals surface area contributed by atoms with Crippen LogP contribution in [0.2, 0.25) is 0 Å². The topological polar surface area (TPSA) is 55.2 Å². The lowest BCUT2D eigenvalue weighted by atomic mass is 10.3. The Balaban J connectivity index is 1.67. The summed E-state index contributed by atoms with van der Waals surface area (Å²) in [6, 6.07) is 0.311. The lowest BCUT2D eigenvalue weighted by molar-refractivity contribution is -0.109. The molecular formula is C13H17N3O2. The molecule has 0 spiro atoms. The minimum Gasteiger partial charge on any atom is -0.337 e. The van der Waals surface area contributed by atoms with Crippen LogP contribution in [-0.4, -0.2) is 39.7 Å². The second kappa shape index (κ2) is 3.93. The highest BCUT2D eigenvalue weighted by atomic mass is 16.2. The highest BCUT2D eigenvalue weighted by Crippen LogP contribution is 2.50. The highest BCUT2D eigenvalue weighted by Gasteiger charge is 2.56. The number of piperidine rings is 1. The third-order valence-electron chi connectivity index (χ3n) is 4.12. The van der Waals surface area contributed by atoms with E-state index in [9.17, 15) is 9.59 Å². The van der Waals surface area contributed by atoms with Gasteiger partial charge in [-0.15, -0.1) is 0 Å². The molecule has 1 aromatic rings. The van der Waals surface area contributed by atoms with Crippen molar-refractivity contribution in [2.75, 3.05) is 13.1 Å². The van der Waals surface area contributed by atoms with Crippen molar-refractivity contribution < 1.29 is 9.59 Å². The molecule has 5 heteroatoms. The number of hydrogen-bond donors (Lipinski definition) is 0. The predicted molar refractivity (Wildman–Crippen MR) is 65.0 cm³/mol. The standard InChI is InChI=1S/C13H17N3O2/c1-8(2)16-5-12(14-7-16)13(18)15-3-9-10(4-15)11(9)6-17/h5-11H,3-4H2,1-2H3/t9-,10+,11-. The zero-order valence-electron chi connectivity index (χ0n) is 10.6. The second-order valence-electron chi connectivity index (χ2n) is 5.55. The van der Waals surface area contributed by atoms with Gasteiger partial charge in [0.05, 0.1) is 6.33 Å². The zero-order chi connectivity index (χ0) is 12.9. The molecule has 0 radical (unpaired) electrons. The van der Waals surface area contributed by atoms with Crippen LogP contribution in [0.4, 0.5) is 0 Å². The first-order valence-corrected chi connectivity index (χ1v) is 6.40. The van der Waals surface area contributed by atoms with Crippen LogP contribution in [0.15, 0.2) is 12.5 Å². The number of likely N-dealkylation sites (tertiary alicyclic amines) is 1. The number of carbonyl (C=O) groups excluding carboxylic acids is 2. The molecule has 1 aromatic heterocycles. The normalized spacial score (nSPS) is 29.5. The van der Waals surface area contributed by atoms with Crippen molar-refractivity contribution in [3.05, 3.63) is 18.2 Å². The van der Waals surface area contributed by atoms with E-state index < -0.39 is 0 Å². The molecule has 18 heavy (non-hydrogen) atoms. The maximum atomic E-state index is 12.2. The van der Waals surface area contributed by atoms with Crippen LogP contribution in [-0.2, 0) is 4.79 Å². The van der Waals surface area contributed by atoms with Gasteiger partial charge in [-0.25, -0.2) is 4.98 Å². The molecule has 0 bridgehead atoms. The second-order valence-corrected chi connectivity index (χ2v) is 5.55. The van der Waals surface area contributed by atoms with Crippen LogP contribution in [0.1, 0.15) is 30.4 Å². The molecule has 0 N–H and O–H groups in total. The van der Waals surface area contributed by atoms with Crippen LogP contribution < -0.4 is 0 Å². The molecule has 1 saturated carbocycles. The smallest absolute Gasteiger partial charge is 0.274 e. The summed E-state index contributed by atoms with van der Waals surface area (Å²) in [7, 11) is 0. The third-order valence-corrected chi connectivity index (χ3v) is 4.12. The third kappa shape index (κ3) is 1.65. The van der Waals surface area contributed by atoms with Crippen LogP contribution >= 0.6 is 0 Å². The van der Waals surface area contributed by atoms with E-state index in [1.54, 1.807) is 12.5 Å². The van der Waals surface area contributed by atoms with Crippen molar-refractivity contribution >= 4 is 12.2 Å². The van der Waals surface area contributed by atoms with Gasteiger partial charge in [-0.3, -0.25) is 4.79 Å². The molecule has 96 valence electrons. The first kappa shape index (κ1) is 11.4. The molecule has 1 aliphatic heterocycles. The van der Waals surface area contributed by atoms with E-state index in [0.717, 1.165) is 6.29 Å². The van der Waals surface area contributed by atoms with E-state index in [2.05, 4.69) is 18.8 Å². The number of carbonyl (C=O) groups is 2. The molecule has 1 aliphatic carbocycles. The first-order chi connectivity index (χ1) is 8.61. The van der Waals surface area contributed by atoms with Crippen molar-refractivity contribution in [3.63, 3.8) is 0 Å². The van der Waals surface area contributed by atoms with Crippen LogP contribution in [0.5, 0.6) is 0 Å². The quantitative estimate of drug-likeness (QED) is 0.748. The summed E-state index contributed by atoms with van der Waals surface area (Å²) in [5.74, 6) is 0.991. The number of hydrogen-bond acceptors (Lipinski definition) is 3. The van der Waals surface area contributed by atoms with Gasteiger partial charge in [0.2, 0.25) is 0 Å². The van der Waals surface area contributed by atoms with Gasteiger partial charge in [-0.1, -0.05) is 0 Å².